The number of halogens is 1. The molecule has 0 bridgehead atoms. The number of rotatable bonds is 2. The van der Waals surface area contributed by atoms with Gasteiger partial charge in [0.25, 0.3) is 0 Å². The molecule has 0 saturated heterocycles. The number of amidine groups is 1. The summed E-state index contributed by atoms with van der Waals surface area (Å²) in [6.45, 7) is 2.38. The molecule has 1 heterocycles. The number of aliphatic hydroxyl groups excluding tert-OH is 1. The predicted molar refractivity (Wildman–Crippen MR) is 57.9 cm³/mol. The smallest absolute Gasteiger partial charge is 0.158 e. The summed E-state index contributed by atoms with van der Waals surface area (Å²) in [5, 5.41) is 12.7. The van der Waals surface area contributed by atoms with E-state index in [2.05, 4.69) is 10.3 Å². The topological polar surface area (TPSA) is 47.9 Å². The fraction of sp³-hybridized carbons (Fsp3) is 0.833. The molecular weight excluding hydrogens is 242 g/mol. The molecule has 0 aromatic carbocycles. The molecule has 1 aliphatic heterocycles. The van der Waals surface area contributed by atoms with Crippen LogP contribution in [0.5, 0.6) is 0 Å². The van der Waals surface area contributed by atoms with Gasteiger partial charge in [-0.1, -0.05) is 11.8 Å². The van der Waals surface area contributed by atoms with Crippen LogP contribution < -0.4 is 5.32 Å². The molecule has 0 amide bonds. The average Bonchev–Trinajstić information content (AvgIpc) is 2.07. The molecule has 1 aliphatic rings. The van der Waals surface area contributed by atoms with Crippen molar-refractivity contribution in [1.82, 2.24) is 10.2 Å². The van der Waals surface area contributed by atoms with Crippen molar-refractivity contribution >= 4 is 33.9 Å². The Hall–Kier alpha value is 0.220. The molecule has 1 rings (SSSR count). The van der Waals surface area contributed by atoms with Gasteiger partial charge in [-0.3, -0.25) is 4.90 Å². The van der Waals surface area contributed by atoms with Crippen LogP contribution in [0.3, 0.4) is 0 Å². The van der Waals surface area contributed by atoms with E-state index in [1.165, 1.54) is 0 Å². The number of aliphatic hydroxyl groups is 1. The molecule has 0 unspecified atom stereocenters. The van der Waals surface area contributed by atoms with Crippen molar-refractivity contribution < 1.29 is 5.11 Å². The lowest BCUT2D eigenvalue weighted by molar-refractivity contribution is 0.192. The number of β-amino-alcohol motifs (C(OH)–C–C–N with tert-alkyl or cyclic N) is 1. The van der Waals surface area contributed by atoms with Crippen molar-refractivity contribution in [3.8, 4) is 0 Å². The summed E-state index contributed by atoms with van der Waals surface area (Å²) in [5.74, 6) is 0. The molecule has 0 atom stereocenters. The molecule has 0 aromatic heterocycles. The number of nitrogens with one attached hydrogen (secondary N) is 1. The Kier molecular flexibility index (Phi) is 6.83. The SMILES string of the molecule is Br.CSC1=NCN(CCO)CN1. The molecule has 0 saturated carbocycles. The van der Waals surface area contributed by atoms with Crippen LogP contribution in [-0.2, 0) is 0 Å². The first kappa shape index (κ1) is 12.2. The molecule has 6 heteroatoms. The number of thioether (sulfide) groups is 1. The zero-order valence-corrected chi connectivity index (χ0v) is 9.52. The molecule has 0 aromatic rings. The predicted octanol–water partition coefficient (Wildman–Crippen LogP) is 0.0958. The standard InChI is InChI=1S/C6H13N3OS.BrH/c1-11-6-7-4-9(2-3-10)5-8-6;/h10H,2-5H2,1H3,(H,7,8);1H. The first-order valence-corrected chi connectivity index (χ1v) is 4.75. The van der Waals surface area contributed by atoms with Gasteiger partial charge in [0.1, 0.15) is 0 Å². The second-order valence-corrected chi connectivity index (χ2v) is 3.06. The molecule has 12 heavy (non-hydrogen) atoms. The summed E-state index contributed by atoms with van der Waals surface area (Å²) < 4.78 is 0. The van der Waals surface area contributed by atoms with Crippen molar-refractivity contribution in [2.75, 3.05) is 32.7 Å². The summed E-state index contributed by atoms with van der Waals surface area (Å²) in [4.78, 5) is 6.27. The van der Waals surface area contributed by atoms with Crippen LogP contribution in [0.25, 0.3) is 0 Å². The lowest BCUT2D eigenvalue weighted by Crippen LogP contribution is -2.42. The number of aliphatic imine (C=N–C) groups is 1. The first-order chi connectivity index (χ1) is 5.36. The number of hydrogen-bond donors (Lipinski definition) is 2. The molecule has 0 fully saturated rings. The third-order valence-corrected chi connectivity index (χ3v) is 2.14. The maximum Gasteiger partial charge on any atom is 0.158 e. The Morgan fingerprint density at radius 1 is 1.75 bits per heavy atom. The minimum absolute atomic E-state index is 0. The Labute approximate surface area is 87.2 Å². The van der Waals surface area contributed by atoms with Crippen molar-refractivity contribution in [2.45, 2.75) is 0 Å². The van der Waals surface area contributed by atoms with Gasteiger partial charge in [-0.25, -0.2) is 4.99 Å². The van der Waals surface area contributed by atoms with Gasteiger partial charge >= 0.3 is 0 Å². The summed E-state index contributed by atoms with van der Waals surface area (Å²) in [6, 6.07) is 0. The first-order valence-electron chi connectivity index (χ1n) is 3.52. The molecule has 0 spiro atoms. The number of hydrogen-bond acceptors (Lipinski definition) is 5. The van der Waals surface area contributed by atoms with Gasteiger partial charge in [0.05, 0.1) is 19.9 Å². The average molecular weight is 256 g/mol. The van der Waals surface area contributed by atoms with Crippen LogP contribution >= 0.6 is 28.7 Å². The van der Waals surface area contributed by atoms with E-state index in [1.807, 2.05) is 11.2 Å². The largest absolute Gasteiger partial charge is 0.395 e. The Balaban J connectivity index is 0.00000121. The fourth-order valence-electron chi connectivity index (χ4n) is 0.877. The molecule has 0 aliphatic carbocycles. The summed E-state index contributed by atoms with van der Waals surface area (Å²) in [7, 11) is 0. The van der Waals surface area contributed by atoms with Crippen LogP contribution in [0, 0.1) is 0 Å². The molecule has 72 valence electrons. The van der Waals surface area contributed by atoms with Crippen molar-refractivity contribution in [2.24, 2.45) is 4.99 Å². The molecule has 4 nitrogen and oxygen atoms in total. The lowest BCUT2D eigenvalue weighted by atomic mass is 10.6. The number of nitrogens with zero attached hydrogens (tertiary/aromatic N) is 2. The van der Waals surface area contributed by atoms with Gasteiger partial charge in [0.15, 0.2) is 5.17 Å². The van der Waals surface area contributed by atoms with Gasteiger partial charge < -0.3 is 10.4 Å². The van der Waals surface area contributed by atoms with E-state index in [9.17, 15) is 0 Å². The van der Waals surface area contributed by atoms with E-state index >= 15 is 0 Å². The monoisotopic (exact) mass is 255 g/mol. The van der Waals surface area contributed by atoms with Gasteiger partial charge in [-0.05, 0) is 6.26 Å². The molecular formula is C6H14BrN3OS. The summed E-state index contributed by atoms with van der Waals surface area (Å²) >= 11 is 1.62. The van der Waals surface area contributed by atoms with Crippen molar-refractivity contribution in [3.05, 3.63) is 0 Å². The normalized spacial score (nSPS) is 17.7. The van der Waals surface area contributed by atoms with Gasteiger partial charge in [0.2, 0.25) is 0 Å². The highest BCUT2D eigenvalue weighted by Crippen LogP contribution is 2.00. The third kappa shape index (κ3) is 3.75. The van der Waals surface area contributed by atoms with Crippen LogP contribution in [0.2, 0.25) is 0 Å². The van der Waals surface area contributed by atoms with E-state index in [4.69, 9.17) is 5.11 Å². The maximum atomic E-state index is 8.62. The van der Waals surface area contributed by atoms with E-state index in [0.29, 0.717) is 13.2 Å². The zero-order chi connectivity index (χ0) is 8.10. The quantitative estimate of drug-likeness (QED) is 0.735. The second kappa shape index (κ2) is 6.71. The Morgan fingerprint density at radius 2 is 2.50 bits per heavy atom. The van der Waals surface area contributed by atoms with Crippen LogP contribution in [0.4, 0.5) is 0 Å². The highest BCUT2D eigenvalue weighted by atomic mass is 79.9. The zero-order valence-electron chi connectivity index (χ0n) is 6.99. The lowest BCUT2D eigenvalue weighted by Gasteiger charge is -2.24. The van der Waals surface area contributed by atoms with E-state index in [0.717, 1.165) is 11.8 Å². The van der Waals surface area contributed by atoms with Crippen molar-refractivity contribution in [1.29, 1.82) is 0 Å². The summed E-state index contributed by atoms with van der Waals surface area (Å²) in [6.07, 6.45) is 1.99. The maximum absolute atomic E-state index is 8.62. The van der Waals surface area contributed by atoms with Crippen LogP contribution in [0.15, 0.2) is 4.99 Å². The Morgan fingerprint density at radius 3 is 2.92 bits per heavy atom. The van der Waals surface area contributed by atoms with E-state index in [1.54, 1.807) is 11.8 Å². The van der Waals surface area contributed by atoms with Gasteiger partial charge in [-0.15, -0.1) is 17.0 Å². The van der Waals surface area contributed by atoms with Crippen molar-refractivity contribution in [3.63, 3.8) is 0 Å². The molecule has 0 radical (unpaired) electrons. The Bertz CT molecular complexity index is 156. The third-order valence-electron chi connectivity index (χ3n) is 1.48. The minimum atomic E-state index is 0. The van der Waals surface area contributed by atoms with Gasteiger partial charge in [0, 0.05) is 6.54 Å². The highest BCUT2D eigenvalue weighted by Gasteiger charge is 2.09. The highest BCUT2D eigenvalue weighted by molar-refractivity contribution is 8.93. The van der Waals surface area contributed by atoms with Crippen LogP contribution in [0.1, 0.15) is 0 Å². The summed E-state index contributed by atoms with van der Waals surface area (Å²) in [5.41, 5.74) is 0. The van der Waals surface area contributed by atoms with E-state index in [-0.39, 0.29) is 23.6 Å². The van der Waals surface area contributed by atoms with Crippen LogP contribution in [-0.4, -0.2) is 47.9 Å². The molecule has 2 N–H and O–H groups in total. The fourth-order valence-corrected chi connectivity index (χ4v) is 1.27. The van der Waals surface area contributed by atoms with E-state index < -0.39 is 0 Å². The second-order valence-electron chi connectivity index (χ2n) is 2.26. The van der Waals surface area contributed by atoms with Gasteiger partial charge in [-0.2, -0.15) is 0 Å². The minimum Gasteiger partial charge on any atom is -0.395 e.